The molecule has 1 N–H and O–H groups in total. The largest absolute Gasteiger partial charge is 0.392 e. The molecule has 13 heavy (non-hydrogen) atoms. The van der Waals surface area contributed by atoms with E-state index in [1.165, 1.54) is 12.8 Å². The highest BCUT2D eigenvalue weighted by Gasteiger charge is 2.20. The van der Waals surface area contributed by atoms with E-state index in [0.29, 0.717) is 0 Å². The Hall–Kier alpha value is -0.120. The Morgan fingerprint density at radius 1 is 1.38 bits per heavy atom. The Kier molecular flexibility index (Phi) is 4.16. The predicted octanol–water partition coefficient (Wildman–Crippen LogP) is 0.393. The van der Waals surface area contributed by atoms with Crippen molar-refractivity contribution in [1.29, 1.82) is 0 Å². The van der Waals surface area contributed by atoms with Crippen molar-refractivity contribution in [1.82, 2.24) is 9.80 Å². The molecule has 1 atom stereocenters. The van der Waals surface area contributed by atoms with Gasteiger partial charge < -0.3 is 14.9 Å². The second-order valence-electron chi connectivity index (χ2n) is 4.34. The number of likely N-dealkylation sites (tertiary alicyclic amines) is 1. The lowest BCUT2D eigenvalue weighted by Gasteiger charge is -2.35. The zero-order valence-electron chi connectivity index (χ0n) is 9.03. The van der Waals surface area contributed by atoms with E-state index >= 15 is 0 Å². The van der Waals surface area contributed by atoms with E-state index in [2.05, 4.69) is 23.9 Å². The van der Waals surface area contributed by atoms with Gasteiger partial charge in [-0.25, -0.2) is 0 Å². The molecule has 0 unspecified atom stereocenters. The Morgan fingerprint density at radius 2 is 1.92 bits per heavy atom. The first-order chi connectivity index (χ1) is 6.09. The molecule has 78 valence electrons. The molecule has 3 heteroatoms. The van der Waals surface area contributed by atoms with Crippen LogP contribution in [0.15, 0.2) is 0 Å². The molecule has 0 aromatic heterocycles. The smallest absolute Gasteiger partial charge is 0.0639 e. The quantitative estimate of drug-likeness (QED) is 0.691. The molecule has 1 rings (SSSR count). The van der Waals surface area contributed by atoms with E-state index in [4.69, 9.17) is 0 Å². The van der Waals surface area contributed by atoms with Gasteiger partial charge in [-0.2, -0.15) is 0 Å². The maximum absolute atomic E-state index is 9.23. The van der Waals surface area contributed by atoms with E-state index in [1.54, 1.807) is 0 Å². The number of nitrogens with zero attached hydrogens (tertiary/aromatic N) is 2. The molecule has 0 amide bonds. The van der Waals surface area contributed by atoms with E-state index in [9.17, 15) is 5.11 Å². The minimum Gasteiger partial charge on any atom is -0.392 e. The number of aliphatic hydroxyl groups excluding tert-OH is 1. The normalized spacial score (nSPS) is 23.8. The first kappa shape index (κ1) is 11.0. The summed E-state index contributed by atoms with van der Waals surface area (Å²) in [7, 11) is 4.30. The van der Waals surface area contributed by atoms with Gasteiger partial charge in [0.2, 0.25) is 0 Å². The van der Waals surface area contributed by atoms with Crippen molar-refractivity contribution in [2.75, 3.05) is 33.7 Å². The molecule has 0 spiro atoms. The molecule has 0 aliphatic carbocycles. The van der Waals surface area contributed by atoms with Crippen LogP contribution in [0.2, 0.25) is 0 Å². The molecule has 0 aromatic carbocycles. The van der Waals surface area contributed by atoms with Crippen molar-refractivity contribution in [2.24, 2.45) is 0 Å². The maximum atomic E-state index is 9.23. The summed E-state index contributed by atoms with van der Waals surface area (Å²) in [6.07, 6.45) is 2.29. The third kappa shape index (κ3) is 3.63. The second kappa shape index (κ2) is 4.94. The van der Waals surface area contributed by atoms with Gasteiger partial charge in [-0.1, -0.05) is 0 Å². The fraction of sp³-hybridized carbons (Fsp3) is 1.00. The third-order valence-corrected chi connectivity index (χ3v) is 2.81. The van der Waals surface area contributed by atoms with Crippen molar-refractivity contribution in [3.8, 4) is 0 Å². The van der Waals surface area contributed by atoms with Crippen molar-refractivity contribution < 1.29 is 5.11 Å². The summed E-state index contributed by atoms with van der Waals surface area (Å²) in [5.74, 6) is 0. The van der Waals surface area contributed by atoms with Crippen LogP contribution in [0.1, 0.15) is 19.8 Å². The van der Waals surface area contributed by atoms with Gasteiger partial charge in [0.25, 0.3) is 0 Å². The van der Waals surface area contributed by atoms with Crippen molar-refractivity contribution in [3.63, 3.8) is 0 Å². The lowest BCUT2D eigenvalue weighted by molar-refractivity contribution is 0.0888. The maximum Gasteiger partial charge on any atom is 0.0639 e. The lowest BCUT2D eigenvalue weighted by Crippen LogP contribution is -2.44. The monoisotopic (exact) mass is 186 g/mol. The molecule has 3 nitrogen and oxygen atoms in total. The Morgan fingerprint density at radius 3 is 2.31 bits per heavy atom. The van der Waals surface area contributed by atoms with Gasteiger partial charge in [-0.05, 0) is 47.0 Å². The Labute approximate surface area is 81.3 Å². The highest BCUT2D eigenvalue weighted by atomic mass is 16.3. The molecule has 0 saturated carbocycles. The Bertz CT molecular complexity index is 140. The first-order valence-corrected chi connectivity index (χ1v) is 5.16. The summed E-state index contributed by atoms with van der Waals surface area (Å²) in [5, 5.41) is 9.23. The SMILES string of the molecule is C[C@@H](O)CN1CCC(N(C)C)CC1. The van der Waals surface area contributed by atoms with E-state index in [-0.39, 0.29) is 6.10 Å². The number of β-amino-alcohol motifs (C(OH)–C–C–N with tert-alkyl or cyclic N) is 1. The standard InChI is InChI=1S/C10H22N2O/c1-9(13)8-12-6-4-10(5-7-12)11(2)3/h9-10,13H,4-8H2,1-3H3/t9-/m1/s1. The summed E-state index contributed by atoms with van der Waals surface area (Å²) in [4.78, 5) is 4.66. The average Bonchev–Trinajstić information content (AvgIpc) is 2.04. The van der Waals surface area contributed by atoms with Gasteiger partial charge in [0, 0.05) is 12.6 Å². The molecular formula is C10H22N2O. The predicted molar refractivity (Wildman–Crippen MR) is 54.8 cm³/mol. The second-order valence-corrected chi connectivity index (χ2v) is 4.34. The Balaban J connectivity index is 2.22. The molecule has 1 saturated heterocycles. The van der Waals surface area contributed by atoms with Gasteiger partial charge in [-0.3, -0.25) is 0 Å². The highest BCUT2D eigenvalue weighted by Crippen LogP contribution is 2.13. The summed E-state index contributed by atoms with van der Waals surface area (Å²) < 4.78 is 0. The van der Waals surface area contributed by atoms with Crippen molar-refractivity contribution >= 4 is 0 Å². The molecule has 1 fully saturated rings. The fourth-order valence-corrected chi connectivity index (χ4v) is 1.99. The van der Waals surface area contributed by atoms with Crippen LogP contribution in [0.3, 0.4) is 0 Å². The molecule has 1 aliphatic rings. The van der Waals surface area contributed by atoms with Crippen molar-refractivity contribution in [3.05, 3.63) is 0 Å². The third-order valence-electron chi connectivity index (χ3n) is 2.81. The summed E-state index contributed by atoms with van der Waals surface area (Å²) in [6.45, 7) is 4.96. The summed E-state index contributed by atoms with van der Waals surface area (Å²) in [5.41, 5.74) is 0. The van der Waals surface area contributed by atoms with Gasteiger partial charge >= 0.3 is 0 Å². The van der Waals surface area contributed by atoms with Gasteiger partial charge in [0.1, 0.15) is 0 Å². The van der Waals surface area contributed by atoms with E-state index in [1.807, 2.05) is 6.92 Å². The number of aliphatic hydroxyl groups is 1. The van der Waals surface area contributed by atoms with Crippen LogP contribution in [0, 0.1) is 0 Å². The lowest BCUT2D eigenvalue weighted by atomic mass is 10.0. The number of hydrogen-bond donors (Lipinski definition) is 1. The summed E-state index contributed by atoms with van der Waals surface area (Å²) >= 11 is 0. The molecule has 1 aliphatic heterocycles. The zero-order chi connectivity index (χ0) is 9.84. The van der Waals surface area contributed by atoms with E-state index < -0.39 is 0 Å². The average molecular weight is 186 g/mol. The summed E-state index contributed by atoms with van der Waals surface area (Å²) in [6, 6.07) is 0.741. The van der Waals surface area contributed by atoms with Gasteiger partial charge in [0.15, 0.2) is 0 Å². The van der Waals surface area contributed by atoms with E-state index in [0.717, 1.165) is 25.7 Å². The zero-order valence-corrected chi connectivity index (χ0v) is 9.03. The molecule has 0 radical (unpaired) electrons. The van der Waals surface area contributed by atoms with Crippen LogP contribution in [-0.2, 0) is 0 Å². The highest BCUT2D eigenvalue weighted by molar-refractivity contribution is 4.77. The van der Waals surface area contributed by atoms with Gasteiger partial charge in [-0.15, -0.1) is 0 Å². The van der Waals surface area contributed by atoms with Crippen LogP contribution in [0.4, 0.5) is 0 Å². The topological polar surface area (TPSA) is 26.7 Å². The minimum absolute atomic E-state index is 0.184. The van der Waals surface area contributed by atoms with Crippen LogP contribution in [0.25, 0.3) is 0 Å². The minimum atomic E-state index is -0.184. The fourth-order valence-electron chi connectivity index (χ4n) is 1.99. The van der Waals surface area contributed by atoms with Crippen LogP contribution in [0.5, 0.6) is 0 Å². The van der Waals surface area contributed by atoms with Crippen LogP contribution in [-0.4, -0.2) is 60.8 Å². The number of hydrogen-bond acceptors (Lipinski definition) is 3. The molecule has 0 aromatic rings. The first-order valence-electron chi connectivity index (χ1n) is 5.16. The molecular weight excluding hydrogens is 164 g/mol. The molecule has 1 heterocycles. The van der Waals surface area contributed by atoms with Crippen LogP contribution >= 0.6 is 0 Å². The number of piperidine rings is 1. The molecule has 0 bridgehead atoms. The van der Waals surface area contributed by atoms with Crippen LogP contribution < -0.4 is 0 Å². The van der Waals surface area contributed by atoms with Crippen molar-refractivity contribution in [2.45, 2.75) is 31.9 Å². The number of rotatable bonds is 3. The van der Waals surface area contributed by atoms with Gasteiger partial charge in [0.05, 0.1) is 6.10 Å².